The molecule has 3 nitrogen and oxygen atoms in total. The second kappa shape index (κ2) is 5.98. The number of thiophene rings is 1. The van der Waals surface area contributed by atoms with Crippen molar-refractivity contribution < 1.29 is 5.11 Å². The van der Waals surface area contributed by atoms with E-state index in [9.17, 15) is 5.11 Å². The molecule has 0 spiro atoms. The molecular formula is C13H18N2OS. The number of aromatic nitrogens is 2. The molecule has 0 aliphatic heterocycles. The van der Waals surface area contributed by atoms with E-state index in [-0.39, 0.29) is 0 Å². The van der Waals surface area contributed by atoms with Crippen LogP contribution >= 0.6 is 11.3 Å². The molecule has 0 radical (unpaired) electrons. The van der Waals surface area contributed by atoms with Gasteiger partial charge in [0.1, 0.15) is 0 Å². The van der Waals surface area contributed by atoms with Gasteiger partial charge in [-0.2, -0.15) is 5.10 Å². The predicted molar refractivity (Wildman–Crippen MR) is 70.1 cm³/mol. The molecule has 4 heteroatoms. The summed E-state index contributed by atoms with van der Waals surface area (Å²) in [4.78, 5) is 1.32. The van der Waals surface area contributed by atoms with Gasteiger partial charge in [-0.25, -0.2) is 0 Å². The molecule has 2 rings (SSSR count). The Balaban J connectivity index is 1.94. The van der Waals surface area contributed by atoms with Crippen molar-refractivity contribution in [3.63, 3.8) is 0 Å². The van der Waals surface area contributed by atoms with E-state index < -0.39 is 6.10 Å². The first kappa shape index (κ1) is 12.3. The Morgan fingerprint density at radius 3 is 3.06 bits per heavy atom. The van der Waals surface area contributed by atoms with Crippen LogP contribution in [0.1, 0.15) is 36.4 Å². The molecule has 0 saturated heterocycles. The van der Waals surface area contributed by atoms with Crippen LogP contribution < -0.4 is 0 Å². The minimum absolute atomic E-state index is 0.411. The van der Waals surface area contributed by atoms with Crippen LogP contribution in [0.3, 0.4) is 0 Å². The van der Waals surface area contributed by atoms with Crippen molar-refractivity contribution in [3.05, 3.63) is 40.3 Å². The number of hydrogen-bond donors (Lipinski definition) is 1. The number of rotatable bonds is 6. The molecule has 2 aromatic heterocycles. The lowest BCUT2D eigenvalue weighted by atomic mass is 10.1. The standard InChI is InChI=1S/C13H18N2OS/c1-2-9-15-12(7-8-14-15)13(16)6-5-11-4-3-10-17-11/h3-4,7-8,10,13,16H,2,5-6,9H2,1H3. The first-order valence-corrected chi connectivity index (χ1v) is 6.91. The van der Waals surface area contributed by atoms with Gasteiger partial charge >= 0.3 is 0 Å². The summed E-state index contributed by atoms with van der Waals surface area (Å²) in [6.45, 7) is 2.99. The molecular weight excluding hydrogens is 232 g/mol. The highest BCUT2D eigenvalue weighted by Gasteiger charge is 2.12. The highest BCUT2D eigenvalue weighted by atomic mass is 32.1. The zero-order chi connectivity index (χ0) is 12.1. The largest absolute Gasteiger partial charge is 0.387 e. The molecule has 0 saturated carbocycles. The minimum atomic E-state index is -0.411. The zero-order valence-corrected chi connectivity index (χ0v) is 10.9. The van der Waals surface area contributed by atoms with Crippen molar-refractivity contribution in [2.75, 3.05) is 0 Å². The van der Waals surface area contributed by atoms with Crippen LogP contribution in [-0.4, -0.2) is 14.9 Å². The Labute approximate surface area is 106 Å². The Hall–Kier alpha value is -1.13. The average Bonchev–Trinajstić information content (AvgIpc) is 2.97. The maximum atomic E-state index is 10.2. The molecule has 17 heavy (non-hydrogen) atoms. The van der Waals surface area contributed by atoms with Crippen molar-refractivity contribution in [3.8, 4) is 0 Å². The summed E-state index contributed by atoms with van der Waals surface area (Å²) in [6, 6.07) is 6.07. The summed E-state index contributed by atoms with van der Waals surface area (Å²) in [5, 5.41) is 16.5. The van der Waals surface area contributed by atoms with Gasteiger partial charge in [0.15, 0.2) is 0 Å². The van der Waals surface area contributed by atoms with Crippen LogP contribution in [-0.2, 0) is 13.0 Å². The van der Waals surface area contributed by atoms with E-state index in [0.717, 1.165) is 31.5 Å². The molecule has 0 amide bonds. The van der Waals surface area contributed by atoms with Gasteiger partial charge in [0.25, 0.3) is 0 Å². The maximum Gasteiger partial charge on any atom is 0.0960 e. The van der Waals surface area contributed by atoms with Gasteiger partial charge in [-0.15, -0.1) is 11.3 Å². The van der Waals surface area contributed by atoms with Gasteiger partial charge in [0, 0.05) is 17.6 Å². The SMILES string of the molecule is CCCn1nccc1C(O)CCc1cccs1. The Bertz CT molecular complexity index is 436. The summed E-state index contributed by atoms with van der Waals surface area (Å²) >= 11 is 1.74. The van der Waals surface area contributed by atoms with Crippen LogP contribution in [0, 0.1) is 0 Å². The van der Waals surface area contributed by atoms with Crippen molar-refractivity contribution in [2.24, 2.45) is 0 Å². The molecule has 0 bridgehead atoms. The van der Waals surface area contributed by atoms with E-state index in [0.29, 0.717) is 0 Å². The summed E-state index contributed by atoms with van der Waals surface area (Å²) in [5.41, 5.74) is 0.934. The second-order valence-electron chi connectivity index (χ2n) is 4.11. The van der Waals surface area contributed by atoms with E-state index in [1.807, 2.05) is 16.8 Å². The molecule has 2 aromatic rings. The Morgan fingerprint density at radius 1 is 1.47 bits per heavy atom. The second-order valence-corrected chi connectivity index (χ2v) is 5.15. The van der Waals surface area contributed by atoms with Crippen LogP contribution in [0.2, 0.25) is 0 Å². The third kappa shape index (κ3) is 3.17. The molecule has 0 aliphatic carbocycles. The highest BCUT2D eigenvalue weighted by Crippen LogP contribution is 2.20. The lowest BCUT2D eigenvalue weighted by molar-refractivity contribution is 0.156. The molecule has 1 unspecified atom stereocenters. The molecule has 0 aliphatic rings. The van der Waals surface area contributed by atoms with Gasteiger partial charge in [0.05, 0.1) is 11.8 Å². The van der Waals surface area contributed by atoms with E-state index in [2.05, 4.69) is 23.5 Å². The number of hydrogen-bond acceptors (Lipinski definition) is 3. The third-order valence-corrected chi connectivity index (χ3v) is 3.71. The summed E-state index contributed by atoms with van der Waals surface area (Å²) < 4.78 is 1.90. The normalized spacial score (nSPS) is 12.8. The molecule has 2 heterocycles. The minimum Gasteiger partial charge on any atom is -0.387 e. The van der Waals surface area contributed by atoms with Crippen LogP contribution in [0.4, 0.5) is 0 Å². The molecule has 1 atom stereocenters. The number of aliphatic hydroxyl groups excluding tert-OH is 1. The summed E-state index contributed by atoms with van der Waals surface area (Å²) in [5.74, 6) is 0. The average molecular weight is 250 g/mol. The molecule has 0 aromatic carbocycles. The van der Waals surface area contributed by atoms with Gasteiger partial charge in [-0.1, -0.05) is 13.0 Å². The first-order valence-electron chi connectivity index (χ1n) is 6.03. The fraction of sp³-hybridized carbons (Fsp3) is 0.462. The predicted octanol–water partition coefficient (Wildman–Crippen LogP) is 3.02. The van der Waals surface area contributed by atoms with Crippen LogP contribution in [0.5, 0.6) is 0 Å². The number of aryl methyl sites for hydroxylation is 2. The van der Waals surface area contributed by atoms with Gasteiger partial charge in [0.2, 0.25) is 0 Å². The maximum absolute atomic E-state index is 10.2. The Morgan fingerprint density at radius 2 is 2.35 bits per heavy atom. The van der Waals surface area contributed by atoms with E-state index in [1.165, 1.54) is 4.88 Å². The number of aliphatic hydroxyl groups is 1. The summed E-state index contributed by atoms with van der Waals surface area (Å²) in [6.07, 6.45) is 4.07. The molecule has 0 fully saturated rings. The smallest absolute Gasteiger partial charge is 0.0960 e. The first-order chi connectivity index (χ1) is 8.31. The Kier molecular flexibility index (Phi) is 4.34. The topological polar surface area (TPSA) is 38.0 Å². The lowest BCUT2D eigenvalue weighted by Crippen LogP contribution is -2.09. The van der Waals surface area contributed by atoms with Crippen molar-refractivity contribution >= 4 is 11.3 Å². The van der Waals surface area contributed by atoms with Gasteiger partial charge < -0.3 is 5.11 Å². The van der Waals surface area contributed by atoms with Crippen molar-refractivity contribution in [1.82, 2.24) is 9.78 Å². The monoisotopic (exact) mass is 250 g/mol. The molecule has 92 valence electrons. The van der Waals surface area contributed by atoms with E-state index in [1.54, 1.807) is 17.5 Å². The van der Waals surface area contributed by atoms with Crippen LogP contribution in [0.25, 0.3) is 0 Å². The fourth-order valence-electron chi connectivity index (χ4n) is 1.91. The van der Waals surface area contributed by atoms with Gasteiger partial charge in [-0.3, -0.25) is 4.68 Å². The summed E-state index contributed by atoms with van der Waals surface area (Å²) in [7, 11) is 0. The van der Waals surface area contributed by atoms with E-state index >= 15 is 0 Å². The zero-order valence-electron chi connectivity index (χ0n) is 10.0. The molecule has 1 N–H and O–H groups in total. The number of nitrogens with zero attached hydrogens (tertiary/aromatic N) is 2. The highest BCUT2D eigenvalue weighted by molar-refractivity contribution is 7.09. The van der Waals surface area contributed by atoms with E-state index in [4.69, 9.17) is 0 Å². The van der Waals surface area contributed by atoms with Crippen molar-refractivity contribution in [1.29, 1.82) is 0 Å². The van der Waals surface area contributed by atoms with Gasteiger partial charge in [-0.05, 0) is 36.8 Å². The van der Waals surface area contributed by atoms with Crippen molar-refractivity contribution in [2.45, 2.75) is 38.8 Å². The lowest BCUT2D eigenvalue weighted by Gasteiger charge is -2.12. The quantitative estimate of drug-likeness (QED) is 0.855. The third-order valence-electron chi connectivity index (χ3n) is 2.77. The fourth-order valence-corrected chi connectivity index (χ4v) is 2.63. The van der Waals surface area contributed by atoms with Crippen LogP contribution in [0.15, 0.2) is 29.8 Å².